The van der Waals surface area contributed by atoms with Gasteiger partial charge >= 0.3 is 6.03 Å². The van der Waals surface area contributed by atoms with Crippen LogP contribution in [-0.2, 0) is 28.4 Å². The lowest BCUT2D eigenvalue weighted by atomic mass is 10.0. The molecule has 1 saturated carbocycles. The second-order valence-electron chi connectivity index (χ2n) is 6.94. The van der Waals surface area contributed by atoms with Crippen LogP contribution in [-0.4, -0.2) is 51.5 Å². The highest BCUT2D eigenvalue weighted by molar-refractivity contribution is 7.90. The van der Waals surface area contributed by atoms with Crippen LogP contribution in [0.4, 0.5) is 4.79 Å². The van der Waals surface area contributed by atoms with Crippen molar-refractivity contribution in [2.75, 3.05) is 0 Å². The number of nitrogens with one attached hydrogen (secondary N) is 1. The van der Waals surface area contributed by atoms with E-state index in [4.69, 9.17) is 5.26 Å². The zero-order chi connectivity index (χ0) is 20.1. The molecule has 2 heterocycles. The van der Waals surface area contributed by atoms with Crippen LogP contribution in [0.3, 0.4) is 0 Å². The van der Waals surface area contributed by atoms with Crippen molar-refractivity contribution in [3.63, 3.8) is 0 Å². The summed E-state index contributed by atoms with van der Waals surface area (Å²) in [6, 6.07) is 1.25. The monoisotopic (exact) mass is 400 g/mol. The third-order valence-corrected chi connectivity index (χ3v) is 6.42. The zero-order valence-corrected chi connectivity index (χ0v) is 15.7. The van der Waals surface area contributed by atoms with Gasteiger partial charge in [0.1, 0.15) is 10.8 Å². The van der Waals surface area contributed by atoms with Crippen LogP contribution in [0, 0.1) is 11.3 Å². The van der Waals surface area contributed by atoms with Gasteiger partial charge in [0, 0.05) is 18.8 Å². The molecule has 3 aliphatic rings. The van der Waals surface area contributed by atoms with Gasteiger partial charge in [-0.3, -0.25) is 14.4 Å². The van der Waals surface area contributed by atoms with Crippen LogP contribution in [0.15, 0.2) is 41.2 Å². The van der Waals surface area contributed by atoms with E-state index in [2.05, 4.69) is 14.8 Å². The molecule has 144 valence electrons. The van der Waals surface area contributed by atoms with Crippen LogP contribution in [0.1, 0.15) is 18.4 Å². The van der Waals surface area contributed by atoms with Gasteiger partial charge in [0.05, 0.1) is 30.1 Å². The highest BCUT2D eigenvalue weighted by atomic mass is 32.2. The van der Waals surface area contributed by atoms with Gasteiger partial charge in [-0.05, 0) is 25.0 Å². The first kappa shape index (κ1) is 18.3. The highest BCUT2D eigenvalue weighted by Gasteiger charge is 2.48. The van der Waals surface area contributed by atoms with Crippen LogP contribution in [0.5, 0.6) is 0 Å². The predicted octanol–water partition coefficient (Wildman–Crippen LogP) is 0.164. The first-order valence-corrected chi connectivity index (χ1v) is 10.0. The highest BCUT2D eigenvalue weighted by Crippen LogP contribution is 2.36. The Bertz CT molecular complexity index is 1120. The molecule has 2 aliphatic carbocycles. The third kappa shape index (κ3) is 3.17. The van der Waals surface area contributed by atoms with E-state index in [0.717, 1.165) is 4.90 Å². The number of nitriles is 1. The van der Waals surface area contributed by atoms with E-state index in [1.54, 1.807) is 17.9 Å². The summed E-state index contributed by atoms with van der Waals surface area (Å²) in [7, 11) is -2.20. The van der Waals surface area contributed by atoms with E-state index in [9.17, 15) is 18.0 Å². The molecule has 1 aliphatic heterocycles. The Labute approximate surface area is 160 Å². The number of hydrogen-bond acceptors (Lipinski definition) is 6. The standard InChI is InChI=1S/C17H16N6O4S/c1-22-8-11(7-19-22)9-23-15(24)13-6-12(2-3-14(13)20-16(23)25)28(26,27)21-17(10-18)4-5-17/h2-3,6-8,12,21H,4-5,9H2,1H3. The Morgan fingerprint density at radius 3 is 2.75 bits per heavy atom. The van der Waals surface area contributed by atoms with Crippen LogP contribution in [0.2, 0.25) is 0 Å². The van der Waals surface area contributed by atoms with Crippen molar-refractivity contribution >= 4 is 27.7 Å². The van der Waals surface area contributed by atoms with Gasteiger partial charge in [-0.1, -0.05) is 6.08 Å². The maximum atomic E-state index is 12.8. The molecule has 0 radical (unpaired) electrons. The van der Waals surface area contributed by atoms with E-state index in [0.29, 0.717) is 18.4 Å². The zero-order valence-electron chi connectivity index (χ0n) is 14.9. The number of hydrogen-bond donors (Lipinski definition) is 1. The Kier molecular flexibility index (Phi) is 4.06. The molecule has 3 amide bonds. The molecule has 4 rings (SSSR count). The molecule has 11 heteroatoms. The fraction of sp³-hybridized carbons (Fsp3) is 0.353. The molecule has 1 aromatic rings. The van der Waals surface area contributed by atoms with Gasteiger partial charge in [-0.2, -0.15) is 20.1 Å². The molecule has 1 N–H and O–H groups in total. The normalized spacial score (nSPS) is 23.0. The molecule has 0 spiro atoms. The summed E-state index contributed by atoms with van der Waals surface area (Å²) in [5.74, 6) is -0.621. The number of urea groups is 1. The number of nitrogens with zero attached hydrogens (tertiary/aromatic N) is 5. The summed E-state index contributed by atoms with van der Waals surface area (Å²) in [5, 5.41) is 12.0. The number of carbonyl (C=O) groups excluding carboxylic acids is 2. The SMILES string of the molecule is Cn1cc(CN2C(=O)N=C3C=CC(S(=O)(=O)NC4(C#N)CC4)C=C3C2=O)cn1. The van der Waals surface area contributed by atoms with Crippen molar-refractivity contribution < 1.29 is 18.0 Å². The minimum absolute atomic E-state index is 0.0173. The van der Waals surface area contributed by atoms with Crippen molar-refractivity contribution in [1.82, 2.24) is 19.4 Å². The van der Waals surface area contributed by atoms with E-state index >= 15 is 0 Å². The van der Waals surface area contributed by atoms with Crippen LogP contribution >= 0.6 is 0 Å². The second kappa shape index (κ2) is 6.22. The summed E-state index contributed by atoms with van der Waals surface area (Å²) < 4.78 is 29.2. The first-order valence-electron chi connectivity index (χ1n) is 8.49. The molecule has 10 nitrogen and oxygen atoms in total. The third-order valence-electron chi connectivity index (χ3n) is 4.73. The molecule has 1 unspecified atom stereocenters. The van der Waals surface area contributed by atoms with Gasteiger partial charge in [-0.15, -0.1) is 0 Å². The van der Waals surface area contributed by atoms with Crippen molar-refractivity contribution in [3.05, 3.63) is 41.8 Å². The Morgan fingerprint density at radius 1 is 1.39 bits per heavy atom. The van der Waals surface area contributed by atoms with Crippen LogP contribution in [0.25, 0.3) is 0 Å². The fourth-order valence-electron chi connectivity index (χ4n) is 3.03. The first-order chi connectivity index (χ1) is 13.2. The van der Waals surface area contributed by atoms with Gasteiger partial charge < -0.3 is 0 Å². The van der Waals surface area contributed by atoms with Gasteiger partial charge in [0.25, 0.3) is 5.91 Å². The molecule has 0 bridgehead atoms. The number of amides is 3. The smallest absolute Gasteiger partial charge is 0.275 e. The van der Waals surface area contributed by atoms with E-state index < -0.39 is 32.8 Å². The van der Waals surface area contributed by atoms with Crippen molar-refractivity contribution in [3.8, 4) is 6.07 Å². The lowest BCUT2D eigenvalue weighted by Crippen LogP contribution is -2.45. The summed E-state index contributed by atoms with van der Waals surface area (Å²) >= 11 is 0. The maximum Gasteiger partial charge on any atom is 0.351 e. The number of allylic oxidation sites excluding steroid dienone is 1. The molecular formula is C17H16N6O4S. The summed E-state index contributed by atoms with van der Waals surface area (Å²) in [6.45, 7) is -0.0173. The number of carbonyl (C=O) groups is 2. The van der Waals surface area contributed by atoms with E-state index in [1.165, 1.54) is 24.4 Å². The summed E-state index contributed by atoms with van der Waals surface area (Å²) in [4.78, 5) is 29.9. The predicted molar refractivity (Wildman–Crippen MR) is 97.2 cm³/mol. The molecule has 0 saturated heterocycles. The number of rotatable bonds is 5. The lowest BCUT2D eigenvalue weighted by Gasteiger charge is -2.27. The minimum atomic E-state index is -3.91. The number of fused-ring (bicyclic) bond motifs is 1. The Hall–Kier alpha value is -3.10. The molecule has 1 atom stereocenters. The Morgan fingerprint density at radius 2 is 2.14 bits per heavy atom. The van der Waals surface area contributed by atoms with Gasteiger partial charge in [0.2, 0.25) is 10.0 Å². The summed E-state index contributed by atoms with van der Waals surface area (Å²) in [5.41, 5.74) is -0.239. The van der Waals surface area contributed by atoms with Crippen LogP contribution < -0.4 is 4.72 Å². The fourth-order valence-corrected chi connectivity index (χ4v) is 4.56. The topological polar surface area (TPSA) is 138 Å². The Balaban J connectivity index is 1.61. The molecule has 1 aromatic heterocycles. The minimum Gasteiger partial charge on any atom is -0.275 e. The summed E-state index contributed by atoms with van der Waals surface area (Å²) in [6.07, 6.45) is 8.06. The van der Waals surface area contributed by atoms with E-state index in [1.807, 2.05) is 6.07 Å². The van der Waals surface area contributed by atoms with Crippen molar-refractivity contribution in [2.24, 2.45) is 12.0 Å². The quantitative estimate of drug-likeness (QED) is 0.747. The molecule has 28 heavy (non-hydrogen) atoms. The average Bonchev–Trinajstić information content (AvgIpc) is 3.29. The number of imide groups is 1. The van der Waals surface area contributed by atoms with Crippen molar-refractivity contribution in [2.45, 2.75) is 30.2 Å². The van der Waals surface area contributed by atoms with Gasteiger partial charge in [-0.25, -0.2) is 13.2 Å². The van der Waals surface area contributed by atoms with E-state index in [-0.39, 0.29) is 17.8 Å². The number of sulfonamides is 1. The van der Waals surface area contributed by atoms with Crippen molar-refractivity contribution in [1.29, 1.82) is 5.26 Å². The second-order valence-corrected chi connectivity index (χ2v) is 8.78. The van der Waals surface area contributed by atoms with Gasteiger partial charge in [0.15, 0.2) is 0 Å². The number of aryl methyl sites for hydroxylation is 1. The number of aromatic nitrogens is 2. The largest absolute Gasteiger partial charge is 0.351 e. The maximum absolute atomic E-state index is 12.8. The lowest BCUT2D eigenvalue weighted by molar-refractivity contribution is -0.124. The molecule has 0 aromatic carbocycles. The number of aliphatic imine (C=N–C) groups is 1. The average molecular weight is 400 g/mol. The molecule has 1 fully saturated rings. The molecular weight excluding hydrogens is 384 g/mol.